The summed E-state index contributed by atoms with van der Waals surface area (Å²) in [6.07, 6.45) is 0. The lowest BCUT2D eigenvalue weighted by molar-refractivity contribution is 0.0643. The van der Waals surface area contributed by atoms with Crippen LogP contribution in [0.1, 0.15) is 17.3 Å². The molecule has 18 heavy (non-hydrogen) atoms. The first kappa shape index (κ1) is 14.8. The van der Waals surface area contributed by atoms with Gasteiger partial charge in [-0.3, -0.25) is 4.79 Å². The lowest BCUT2D eigenvalue weighted by Crippen LogP contribution is -2.48. The van der Waals surface area contributed by atoms with Gasteiger partial charge in [-0.15, -0.1) is 12.4 Å². The van der Waals surface area contributed by atoms with E-state index in [0.717, 1.165) is 38.3 Å². The van der Waals surface area contributed by atoms with Gasteiger partial charge in [-0.05, 0) is 30.8 Å². The Balaban J connectivity index is 0.00000162. The summed E-state index contributed by atoms with van der Waals surface area (Å²) >= 11 is 0. The lowest BCUT2D eigenvalue weighted by Gasteiger charge is -2.34. The summed E-state index contributed by atoms with van der Waals surface area (Å²) < 4.78 is 0. The number of rotatable bonds is 2. The van der Waals surface area contributed by atoms with Crippen molar-refractivity contribution in [2.45, 2.75) is 6.92 Å². The summed E-state index contributed by atoms with van der Waals surface area (Å²) in [5.74, 6) is 0.112. The molecule has 1 aromatic rings. The summed E-state index contributed by atoms with van der Waals surface area (Å²) in [4.78, 5) is 16.4. The van der Waals surface area contributed by atoms with Gasteiger partial charge in [-0.2, -0.15) is 0 Å². The van der Waals surface area contributed by atoms with Crippen LogP contribution in [0.3, 0.4) is 0 Å². The molecule has 2 N–H and O–H groups in total. The molecule has 1 amide bonds. The van der Waals surface area contributed by atoms with Crippen molar-refractivity contribution in [3.63, 3.8) is 0 Å². The minimum atomic E-state index is 0. The van der Waals surface area contributed by atoms with E-state index in [1.807, 2.05) is 4.90 Å². The normalized spacial score (nSPS) is 16.2. The molecule has 1 aliphatic rings. The predicted molar refractivity (Wildman–Crippen MR) is 76.1 cm³/mol. The fourth-order valence-corrected chi connectivity index (χ4v) is 2.08. The van der Waals surface area contributed by atoms with Gasteiger partial charge in [0.1, 0.15) is 0 Å². The second kappa shape index (κ2) is 6.61. The van der Waals surface area contributed by atoms with Gasteiger partial charge < -0.3 is 15.5 Å². The zero-order valence-corrected chi connectivity index (χ0v) is 11.4. The highest BCUT2D eigenvalue weighted by Crippen LogP contribution is 2.10. The smallest absolute Gasteiger partial charge is 0.253 e. The Bertz CT molecular complexity index is 386. The Morgan fingerprint density at radius 3 is 2.22 bits per heavy atom. The third-order valence-electron chi connectivity index (χ3n) is 3.26. The fourth-order valence-electron chi connectivity index (χ4n) is 2.08. The summed E-state index contributed by atoms with van der Waals surface area (Å²) in [5, 5.41) is 0. The van der Waals surface area contributed by atoms with Gasteiger partial charge >= 0.3 is 0 Å². The second-order valence-electron chi connectivity index (χ2n) is 4.35. The Kier molecular flexibility index (Phi) is 5.44. The van der Waals surface area contributed by atoms with Crippen molar-refractivity contribution in [3.8, 4) is 0 Å². The number of nitrogen functional groups attached to an aromatic ring is 1. The number of likely N-dealkylation sites (N-methyl/N-ethyl adjacent to an activating group) is 1. The van der Waals surface area contributed by atoms with E-state index >= 15 is 0 Å². The molecule has 1 aromatic carbocycles. The Morgan fingerprint density at radius 1 is 1.17 bits per heavy atom. The minimum Gasteiger partial charge on any atom is -0.399 e. The van der Waals surface area contributed by atoms with Gasteiger partial charge in [0, 0.05) is 37.4 Å². The van der Waals surface area contributed by atoms with Crippen LogP contribution >= 0.6 is 12.4 Å². The van der Waals surface area contributed by atoms with Crippen molar-refractivity contribution in [2.24, 2.45) is 0 Å². The molecule has 0 saturated carbocycles. The first-order valence-electron chi connectivity index (χ1n) is 6.08. The van der Waals surface area contributed by atoms with E-state index in [4.69, 9.17) is 5.73 Å². The van der Waals surface area contributed by atoms with Gasteiger partial charge in [-0.1, -0.05) is 6.92 Å². The number of halogens is 1. The van der Waals surface area contributed by atoms with Crippen molar-refractivity contribution < 1.29 is 4.79 Å². The number of carbonyl (C=O) groups excluding carboxylic acids is 1. The maximum Gasteiger partial charge on any atom is 0.253 e. The number of piperazine rings is 1. The molecule has 0 aromatic heterocycles. The largest absolute Gasteiger partial charge is 0.399 e. The van der Waals surface area contributed by atoms with Crippen LogP contribution < -0.4 is 5.73 Å². The third kappa shape index (κ3) is 3.37. The van der Waals surface area contributed by atoms with Crippen LogP contribution in [0.2, 0.25) is 0 Å². The summed E-state index contributed by atoms with van der Waals surface area (Å²) in [6.45, 7) is 6.78. The summed E-state index contributed by atoms with van der Waals surface area (Å²) in [7, 11) is 0. The average Bonchev–Trinajstić information content (AvgIpc) is 2.39. The molecule has 0 radical (unpaired) electrons. The van der Waals surface area contributed by atoms with Crippen LogP contribution in [0.15, 0.2) is 24.3 Å². The van der Waals surface area contributed by atoms with Gasteiger partial charge in [0.25, 0.3) is 5.91 Å². The first-order valence-corrected chi connectivity index (χ1v) is 6.08. The minimum absolute atomic E-state index is 0. The van der Waals surface area contributed by atoms with E-state index in [0.29, 0.717) is 5.69 Å². The zero-order chi connectivity index (χ0) is 12.3. The molecule has 2 rings (SSSR count). The number of nitrogens with zero attached hydrogens (tertiary/aromatic N) is 2. The van der Waals surface area contributed by atoms with E-state index in [9.17, 15) is 4.79 Å². The lowest BCUT2D eigenvalue weighted by atomic mass is 10.1. The topological polar surface area (TPSA) is 49.6 Å². The molecule has 1 fully saturated rings. The molecule has 100 valence electrons. The highest BCUT2D eigenvalue weighted by Gasteiger charge is 2.20. The van der Waals surface area contributed by atoms with E-state index in [2.05, 4.69) is 11.8 Å². The van der Waals surface area contributed by atoms with Crippen LogP contribution in [0.5, 0.6) is 0 Å². The molecule has 0 bridgehead atoms. The van der Waals surface area contributed by atoms with Crippen molar-refractivity contribution in [1.82, 2.24) is 9.80 Å². The van der Waals surface area contributed by atoms with E-state index in [1.54, 1.807) is 24.3 Å². The van der Waals surface area contributed by atoms with E-state index < -0.39 is 0 Å². The van der Waals surface area contributed by atoms with Crippen LogP contribution in [-0.4, -0.2) is 48.4 Å². The molecule has 5 heteroatoms. The fraction of sp³-hybridized carbons (Fsp3) is 0.462. The highest BCUT2D eigenvalue weighted by molar-refractivity contribution is 5.94. The molecule has 0 spiro atoms. The maximum atomic E-state index is 12.2. The molecule has 1 aliphatic heterocycles. The zero-order valence-electron chi connectivity index (χ0n) is 10.6. The molecule has 0 unspecified atom stereocenters. The number of carbonyl (C=O) groups is 1. The molecule has 4 nitrogen and oxygen atoms in total. The summed E-state index contributed by atoms with van der Waals surface area (Å²) in [5.41, 5.74) is 7.03. The van der Waals surface area contributed by atoms with Crippen LogP contribution in [0.4, 0.5) is 5.69 Å². The second-order valence-corrected chi connectivity index (χ2v) is 4.35. The van der Waals surface area contributed by atoms with Crippen molar-refractivity contribution in [2.75, 3.05) is 38.5 Å². The molecule has 1 saturated heterocycles. The van der Waals surface area contributed by atoms with Crippen molar-refractivity contribution >= 4 is 24.0 Å². The van der Waals surface area contributed by atoms with Crippen LogP contribution in [0.25, 0.3) is 0 Å². The summed E-state index contributed by atoms with van der Waals surface area (Å²) in [6, 6.07) is 7.14. The highest BCUT2D eigenvalue weighted by atomic mass is 35.5. The number of hydrogen-bond acceptors (Lipinski definition) is 3. The molecule has 0 aliphatic carbocycles. The standard InChI is InChI=1S/C13H19N3O.ClH/c1-2-15-7-9-16(10-8-15)13(17)11-3-5-12(14)6-4-11;/h3-6H,2,7-10,14H2,1H3;1H. The first-order chi connectivity index (χ1) is 8.20. The monoisotopic (exact) mass is 269 g/mol. The van der Waals surface area contributed by atoms with Gasteiger partial charge in [-0.25, -0.2) is 0 Å². The average molecular weight is 270 g/mol. The number of anilines is 1. The SMILES string of the molecule is CCN1CCN(C(=O)c2ccc(N)cc2)CC1.Cl. The van der Waals surface area contributed by atoms with E-state index in [1.165, 1.54) is 0 Å². The number of amides is 1. The third-order valence-corrected chi connectivity index (χ3v) is 3.26. The predicted octanol–water partition coefficient (Wildman–Crippen LogP) is 1.47. The molecular formula is C13H20ClN3O. The van der Waals surface area contributed by atoms with Crippen LogP contribution in [-0.2, 0) is 0 Å². The Hall–Kier alpha value is -1.26. The van der Waals surface area contributed by atoms with Crippen molar-refractivity contribution in [3.05, 3.63) is 29.8 Å². The quantitative estimate of drug-likeness (QED) is 0.827. The van der Waals surface area contributed by atoms with Gasteiger partial charge in [0.05, 0.1) is 0 Å². The van der Waals surface area contributed by atoms with Gasteiger partial charge in [0.15, 0.2) is 0 Å². The van der Waals surface area contributed by atoms with Gasteiger partial charge in [0.2, 0.25) is 0 Å². The van der Waals surface area contributed by atoms with Crippen LogP contribution in [0, 0.1) is 0 Å². The Labute approximate surface area is 114 Å². The number of hydrogen-bond donors (Lipinski definition) is 1. The number of benzene rings is 1. The molecular weight excluding hydrogens is 250 g/mol. The van der Waals surface area contributed by atoms with E-state index in [-0.39, 0.29) is 18.3 Å². The maximum absolute atomic E-state index is 12.2. The van der Waals surface area contributed by atoms with Crippen molar-refractivity contribution in [1.29, 1.82) is 0 Å². The Morgan fingerprint density at radius 2 is 1.72 bits per heavy atom. The number of nitrogens with two attached hydrogens (primary N) is 1. The molecule has 0 atom stereocenters. The molecule has 1 heterocycles.